The van der Waals surface area contributed by atoms with E-state index in [4.69, 9.17) is 14.9 Å². The third-order valence-corrected chi connectivity index (χ3v) is 11.4. The average Bonchev–Trinajstić information content (AvgIpc) is 3.23. The summed E-state index contributed by atoms with van der Waals surface area (Å²) < 4.78 is 27.2. The van der Waals surface area contributed by atoms with Gasteiger partial charge in [-0.05, 0) is 62.7 Å². The van der Waals surface area contributed by atoms with E-state index in [0.717, 1.165) is 12.8 Å². The number of benzene rings is 1. The monoisotopic (exact) mass is 464 g/mol. The molecule has 0 spiro atoms. The first-order valence-corrected chi connectivity index (χ1v) is 14.6. The quantitative estimate of drug-likeness (QED) is 0.419. The largest absolute Gasteiger partial charge is 0.479 e. The van der Waals surface area contributed by atoms with Gasteiger partial charge in [0, 0.05) is 12.0 Å². The maximum atomic E-state index is 14.6. The lowest BCUT2D eigenvalue weighted by molar-refractivity contribution is -0.129. The van der Waals surface area contributed by atoms with Gasteiger partial charge in [0.25, 0.3) is 5.91 Å². The number of halogens is 1. The van der Waals surface area contributed by atoms with Crippen molar-refractivity contribution in [2.75, 3.05) is 13.2 Å². The number of ether oxygens (including phenoxy) is 1. The molecule has 0 fully saturated rings. The summed E-state index contributed by atoms with van der Waals surface area (Å²) in [6, 6.07) is 10.4. The van der Waals surface area contributed by atoms with Crippen molar-refractivity contribution in [3.05, 3.63) is 35.9 Å². The molecule has 1 aromatic rings. The van der Waals surface area contributed by atoms with Crippen LogP contribution in [-0.2, 0) is 20.4 Å². The molecule has 1 aliphatic heterocycles. The van der Waals surface area contributed by atoms with Crippen LogP contribution in [-0.4, -0.2) is 45.0 Å². The minimum absolute atomic E-state index is 0.00700. The smallest absolute Gasteiger partial charge is 0.254 e. The molecule has 0 saturated heterocycles. The SMILES string of the molecule is CC(F)(CCC(CC(CCc1ccccc1)O[Si](C)(C)C(C)(C)C)C1=NCCO1)C(N)=O. The summed E-state index contributed by atoms with van der Waals surface area (Å²) in [7, 11) is -2.02. The highest BCUT2D eigenvalue weighted by Gasteiger charge is 2.40. The Kier molecular flexibility index (Phi) is 9.05. The van der Waals surface area contributed by atoms with Gasteiger partial charge in [0.05, 0.1) is 6.54 Å². The van der Waals surface area contributed by atoms with Gasteiger partial charge in [-0.25, -0.2) is 4.39 Å². The van der Waals surface area contributed by atoms with Gasteiger partial charge >= 0.3 is 0 Å². The molecule has 3 atom stereocenters. The van der Waals surface area contributed by atoms with Crippen molar-refractivity contribution in [1.29, 1.82) is 0 Å². The van der Waals surface area contributed by atoms with Gasteiger partial charge in [0.1, 0.15) is 6.61 Å². The van der Waals surface area contributed by atoms with E-state index in [0.29, 0.717) is 31.9 Å². The molecule has 180 valence electrons. The Labute approximate surface area is 194 Å². The fourth-order valence-electron chi connectivity index (χ4n) is 3.62. The molecule has 1 heterocycles. The zero-order valence-corrected chi connectivity index (χ0v) is 21.6. The second-order valence-electron chi connectivity index (χ2n) is 10.6. The first kappa shape index (κ1) is 26.5. The number of hydrogen-bond donors (Lipinski definition) is 1. The molecule has 2 N–H and O–H groups in total. The number of alkyl halides is 1. The molecule has 0 aliphatic carbocycles. The van der Waals surface area contributed by atoms with E-state index in [1.807, 2.05) is 6.07 Å². The van der Waals surface area contributed by atoms with E-state index in [2.05, 4.69) is 63.1 Å². The second-order valence-corrected chi connectivity index (χ2v) is 15.4. The number of nitrogens with zero attached hydrogens (tertiary/aromatic N) is 1. The van der Waals surface area contributed by atoms with Crippen LogP contribution in [0.15, 0.2) is 35.3 Å². The van der Waals surface area contributed by atoms with Gasteiger partial charge in [-0.1, -0.05) is 51.1 Å². The molecule has 0 aromatic heterocycles. The van der Waals surface area contributed by atoms with Crippen LogP contribution in [0.1, 0.15) is 58.9 Å². The molecule has 0 radical (unpaired) electrons. The van der Waals surface area contributed by atoms with Crippen molar-refractivity contribution < 1.29 is 18.3 Å². The van der Waals surface area contributed by atoms with Crippen LogP contribution in [0, 0.1) is 5.92 Å². The summed E-state index contributed by atoms with van der Waals surface area (Å²) in [6.07, 6.45) is 2.93. The van der Waals surface area contributed by atoms with Crippen LogP contribution in [0.2, 0.25) is 18.1 Å². The molecule has 1 aliphatic rings. The van der Waals surface area contributed by atoms with E-state index in [1.54, 1.807) is 0 Å². The molecule has 1 aromatic carbocycles. The summed E-state index contributed by atoms with van der Waals surface area (Å²) in [6.45, 7) is 13.6. The first-order valence-electron chi connectivity index (χ1n) is 11.7. The van der Waals surface area contributed by atoms with Gasteiger partial charge < -0.3 is 14.9 Å². The highest BCUT2D eigenvalue weighted by Crippen LogP contribution is 2.39. The molecule has 2 rings (SSSR count). The lowest BCUT2D eigenvalue weighted by Crippen LogP contribution is -2.45. The summed E-state index contributed by atoms with van der Waals surface area (Å²) >= 11 is 0. The van der Waals surface area contributed by atoms with Crippen molar-refractivity contribution in [1.82, 2.24) is 0 Å². The lowest BCUT2D eigenvalue weighted by Gasteiger charge is -2.40. The standard InChI is InChI=1S/C25H41FN2O3Si/c1-24(2,3)32(5,6)31-21(13-12-19-10-8-7-9-11-19)18-20(22-28-16-17-30-22)14-15-25(4,26)23(27)29/h7-11,20-21H,12-18H2,1-6H3,(H2,27,29). The van der Waals surface area contributed by atoms with Crippen LogP contribution in [0.5, 0.6) is 0 Å². The topological polar surface area (TPSA) is 73.9 Å². The maximum Gasteiger partial charge on any atom is 0.254 e. The highest BCUT2D eigenvalue weighted by molar-refractivity contribution is 6.74. The number of hydrogen-bond acceptors (Lipinski definition) is 4. The minimum Gasteiger partial charge on any atom is -0.479 e. The van der Waals surface area contributed by atoms with Crippen LogP contribution in [0.3, 0.4) is 0 Å². The van der Waals surface area contributed by atoms with Crippen molar-refractivity contribution in [3.63, 3.8) is 0 Å². The van der Waals surface area contributed by atoms with Crippen molar-refractivity contribution in [2.45, 2.75) is 89.7 Å². The number of rotatable bonds is 12. The van der Waals surface area contributed by atoms with Crippen molar-refractivity contribution in [3.8, 4) is 0 Å². The van der Waals surface area contributed by atoms with Crippen molar-refractivity contribution >= 4 is 20.1 Å². The zero-order valence-electron chi connectivity index (χ0n) is 20.6. The molecule has 7 heteroatoms. The Hall–Kier alpha value is -1.73. The van der Waals surface area contributed by atoms with Crippen LogP contribution < -0.4 is 5.73 Å². The second kappa shape index (κ2) is 10.9. The minimum atomic E-state index is -2.04. The van der Waals surface area contributed by atoms with Gasteiger partial charge in [0.2, 0.25) is 0 Å². The molecule has 3 unspecified atom stereocenters. The molecule has 0 saturated carbocycles. The van der Waals surface area contributed by atoms with E-state index in [1.165, 1.54) is 12.5 Å². The number of aliphatic imine (C=N–C) groups is 1. The summed E-state index contributed by atoms with van der Waals surface area (Å²) in [5.74, 6) is -0.366. The first-order chi connectivity index (χ1) is 14.8. The molecular formula is C25H41FN2O3Si. The highest BCUT2D eigenvalue weighted by atomic mass is 28.4. The van der Waals surface area contributed by atoms with E-state index in [9.17, 15) is 9.18 Å². The van der Waals surface area contributed by atoms with Gasteiger partial charge in [-0.2, -0.15) is 0 Å². The predicted molar refractivity (Wildman–Crippen MR) is 131 cm³/mol. The summed E-state index contributed by atoms with van der Waals surface area (Å²) in [5.41, 5.74) is 4.49. The number of primary amides is 1. The third kappa shape index (κ3) is 7.69. The van der Waals surface area contributed by atoms with Crippen LogP contribution in [0.25, 0.3) is 0 Å². The number of amides is 1. The Morgan fingerprint density at radius 1 is 1.22 bits per heavy atom. The van der Waals surface area contributed by atoms with Crippen LogP contribution >= 0.6 is 0 Å². The lowest BCUT2D eigenvalue weighted by atomic mass is 9.89. The maximum absolute atomic E-state index is 14.6. The van der Waals surface area contributed by atoms with E-state index >= 15 is 0 Å². The van der Waals surface area contributed by atoms with E-state index < -0.39 is 19.9 Å². The molecule has 5 nitrogen and oxygen atoms in total. The Morgan fingerprint density at radius 3 is 2.41 bits per heavy atom. The Bertz CT molecular complexity index is 775. The predicted octanol–water partition coefficient (Wildman–Crippen LogP) is 5.44. The molecule has 1 amide bonds. The van der Waals surface area contributed by atoms with E-state index in [-0.39, 0.29) is 23.5 Å². The zero-order chi connectivity index (χ0) is 24.0. The number of carbonyl (C=O) groups is 1. The molecule has 32 heavy (non-hydrogen) atoms. The van der Waals surface area contributed by atoms with Crippen LogP contribution in [0.4, 0.5) is 4.39 Å². The Balaban J connectivity index is 2.19. The molecule has 0 bridgehead atoms. The normalized spacial score (nSPS) is 18.4. The molecular weight excluding hydrogens is 423 g/mol. The summed E-state index contributed by atoms with van der Waals surface area (Å²) in [4.78, 5) is 16.0. The number of aryl methyl sites for hydroxylation is 1. The van der Waals surface area contributed by atoms with Gasteiger partial charge in [-0.3, -0.25) is 9.79 Å². The number of nitrogens with two attached hydrogens (primary N) is 1. The van der Waals surface area contributed by atoms with Crippen molar-refractivity contribution in [2.24, 2.45) is 16.6 Å². The Morgan fingerprint density at radius 2 is 1.88 bits per heavy atom. The van der Waals surface area contributed by atoms with Gasteiger partial charge in [0.15, 0.2) is 19.9 Å². The van der Waals surface area contributed by atoms with Gasteiger partial charge in [-0.15, -0.1) is 0 Å². The average molecular weight is 465 g/mol. The fourth-order valence-corrected chi connectivity index (χ4v) is 5.02. The number of carbonyl (C=O) groups excluding carboxylic acids is 1. The fraction of sp³-hybridized carbons (Fsp3) is 0.680. The third-order valence-electron chi connectivity index (χ3n) is 6.85. The summed E-state index contributed by atoms with van der Waals surface area (Å²) in [5, 5.41) is 0.0817.